The quantitative estimate of drug-likeness (QED) is 0.678. The van der Waals surface area contributed by atoms with Crippen molar-refractivity contribution < 1.29 is 14.3 Å². The number of anilines is 2. The number of ether oxygens (including phenoxy) is 2. The number of methoxy groups -OCH3 is 2. The maximum Gasteiger partial charge on any atom is 0.269 e. The summed E-state index contributed by atoms with van der Waals surface area (Å²) in [7, 11) is 3.17. The van der Waals surface area contributed by atoms with E-state index in [1.165, 1.54) is 0 Å². The van der Waals surface area contributed by atoms with Crippen LogP contribution in [0.4, 0.5) is 11.4 Å². The number of hydrogen-bond donors (Lipinski definition) is 1. The maximum absolute atomic E-state index is 13.0. The van der Waals surface area contributed by atoms with Gasteiger partial charge in [-0.25, -0.2) is 0 Å². The SMILES string of the molecule is COc1ccc(C=C(C#N)C(=O)N2CCNc3ccc(OC)cc32)cc1. The molecule has 1 amide bonds. The van der Waals surface area contributed by atoms with Crippen molar-refractivity contribution >= 4 is 23.4 Å². The highest BCUT2D eigenvalue weighted by molar-refractivity contribution is 6.12. The van der Waals surface area contributed by atoms with Crippen LogP contribution in [0.3, 0.4) is 0 Å². The summed E-state index contributed by atoms with van der Waals surface area (Å²) in [5.74, 6) is 1.04. The summed E-state index contributed by atoms with van der Waals surface area (Å²) in [5.41, 5.74) is 2.38. The standard InChI is InChI=1S/C20H19N3O3/c1-25-16-5-3-14(4-6-16)11-15(13-21)20(24)23-10-9-22-18-8-7-17(26-2)12-19(18)23/h3-8,11-12,22H,9-10H2,1-2H3. The van der Waals surface area contributed by atoms with Crippen molar-refractivity contribution in [1.82, 2.24) is 0 Å². The molecule has 132 valence electrons. The fourth-order valence-corrected chi connectivity index (χ4v) is 2.80. The predicted molar refractivity (Wildman–Crippen MR) is 100 cm³/mol. The van der Waals surface area contributed by atoms with Crippen molar-refractivity contribution in [3.05, 3.63) is 53.6 Å². The van der Waals surface area contributed by atoms with Gasteiger partial charge >= 0.3 is 0 Å². The van der Waals surface area contributed by atoms with Crippen LogP contribution in [0.25, 0.3) is 6.08 Å². The molecule has 0 aromatic heterocycles. The first-order valence-corrected chi connectivity index (χ1v) is 8.16. The monoisotopic (exact) mass is 349 g/mol. The van der Waals surface area contributed by atoms with Gasteiger partial charge in [-0.1, -0.05) is 12.1 Å². The Bertz CT molecular complexity index is 882. The van der Waals surface area contributed by atoms with Gasteiger partial charge in [-0.05, 0) is 35.9 Å². The Morgan fingerprint density at radius 1 is 1.15 bits per heavy atom. The highest BCUT2D eigenvalue weighted by Gasteiger charge is 2.25. The number of amides is 1. The molecular formula is C20H19N3O3. The van der Waals surface area contributed by atoms with E-state index in [-0.39, 0.29) is 11.5 Å². The van der Waals surface area contributed by atoms with Gasteiger partial charge in [0.2, 0.25) is 0 Å². The number of carbonyl (C=O) groups is 1. The lowest BCUT2D eigenvalue weighted by Gasteiger charge is -2.30. The molecule has 2 aromatic rings. The molecule has 3 rings (SSSR count). The first-order valence-electron chi connectivity index (χ1n) is 8.16. The summed E-state index contributed by atoms with van der Waals surface area (Å²) in [6.45, 7) is 1.09. The van der Waals surface area contributed by atoms with Gasteiger partial charge in [0.1, 0.15) is 23.1 Å². The van der Waals surface area contributed by atoms with Gasteiger partial charge in [0.25, 0.3) is 5.91 Å². The molecule has 1 aliphatic rings. The van der Waals surface area contributed by atoms with E-state index < -0.39 is 0 Å². The molecule has 0 radical (unpaired) electrons. The number of nitriles is 1. The summed E-state index contributed by atoms with van der Waals surface area (Å²) in [6, 6.07) is 14.7. The number of fused-ring (bicyclic) bond motifs is 1. The summed E-state index contributed by atoms with van der Waals surface area (Å²) >= 11 is 0. The largest absolute Gasteiger partial charge is 0.497 e. The van der Waals surface area contributed by atoms with Gasteiger partial charge in [-0.2, -0.15) is 5.26 Å². The average Bonchev–Trinajstić information content (AvgIpc) is 2.71. The molecular weight excluding hydrogens is 330 g/mol. The molecule has 6 nitrogen and oxygen atoms in total. The smallest absolute Gasteiger partial charge is 0.269 e. The number of hydrogen-bond acceptors (Lipinski definition) is 5. The van der Waals surface area contributed by atoms with Gasteiger partial charge in [0.15, 0.2) is 0 Å². The Hall–Kier alpha value is -3.46. The van der Waals surface area contributed by atoms with Crippen LogP contribution in [0.5, 0.6) is 11.5 Å². The Morgan fingerprint density at radius 3 is 2.50 bits per heavy atom. The number of nitrogens with zero attached hydrogens (tertiary/aromatic N) is 2. The van der Waals surface area contributed by atoms with E-state index in [0.29, 0.717) is 24.5 Å². The fourth-order valence-electron chi connectivity index (χ4n) is 2.80. The van der Waals surface area contributed by atoms with Crippen molar-refractivity contribution in [2.75, 3.05) is 37.5 Å². The molecule has 0 atom stereocenters. The summed E-state index contributed by atoms with van der Waals surface area (Å²) in [4.78, 5) is 14.6. The second-order valence-corrected chi connectivity index (χ2v) is 5.71. The molecule has 26 heavy (non-hydrogen) atoms. The van der Waals surface area contributed by atoms with Gasteiger partial charge < -0.3 is 19.7 Å². The van der Waals surface area contributed by atoms with Gasteiger partial charge in [-0.15, -0.1) is 0 Å². The van der Waals surface area contributed by atoms with Crippen molar-refractivity contribution in [2.24, 2.45) is 0 Å². The second-order valence-electron chi connectivity index (χ2n) is 5.71. The summed E-state index contributed by atoms with van der Waals surface area (Å²) in [5, 5.41) is 12.8. The zero-order chi connectivity index (χ0) is 18.5. The molecule has 0 spiro atoms. The van der Waals surface area contributed by atoms with Crippen molar-refractivity contribution in [3.8, 4) is 17.6 Å². The Morgan fingerprint density at radius 2 is 1.85 bits per heavy atom. The van der Waals surface area contributed by atoms with Crippen molar-refractivity contribution in [2.45, 2.75) is 0 Å². The fraction of sp³-hybridized carbons (Fsp3) is 0.200. The molecule has 0 saturated carbocycles. The van der Waals surface area contributed by atoms with Crippen LogP contribution in [0, 0.1) is 11.3 Å². The third kappa shape index (κ3) is 3.47. The van der Waals surface area contributed by atoms with Crippen LogP contribution in [0.2, 0.25) is 0 Å². The Kier molecular flexibility index (Phi) is 5.09. The van der Waals surface area contributed by atoms with Crippen LogP contribution >= 0.6 is 0 Å². The first kappa shape index (κ1) is 17.4. The molecule has 0 unspecified atom stereocenters. The molecule has 2 aromatic carbocycles. The molecule has 0 fully saturated rings. The lowest BCUT2D eigenvalue weighted by molar-refractivity contribution is -0.114. The average molecular weight is 349 g/mol. The Balaban J connectivity index is 1.92. The first-order chi connectivity index (χ1) is 12.7. The lowest BCUT2D eigenvalue weighted by Crippen LogP contribution is -2.39. The Labute approximate surface area is 152 Å². The second kappa shape index (κ2) is 7.62. The number of rotatable bonds is 4. The van der Waals surface area contributed by atoms with Gasteiger partial charge in [0, 0.05) is 19.2 Å². The van der Waals surface area contributed by atoms with E-state index >= 15 is 0 Å². The maximum atomic E-state index is 13.0. The van der Waals surface area contributed by atoms with E-state index in [1.807, 2.05) is 18.2 Å². The molecule has 1 N–H and O–H groups in total. The van der Waals surface area contributed by atoms with E-state index in [9.17, 15) is 10.1 Å². The minimum atomic E-state index is -0.334. The van der Waals surface area contributed by atoms with E-state index in [1.54, 1.807) is 55.5 Å². The highest BCUT2D eigenvalue weighted by atomic mass is 16.5. The minimum Gasteiger partial charge on any atom is -0.497 e. The molecule has 6 heteroatoms. The minimum absolute atomic E-state index is 0.0748. The number of benzene rings is 2. The van der Waals surface area contributed by atoms with Gasteiger partial charge in [-0.3, -0.25) is 4.79 Å². The number of carbonyl (C=O) groups excluding carboxylic acids is 1. The van der Waals surface area contributed by atoms with Crippen LogP contribution in [0.1, 0.15) is 5.56 Å². The molecule has 1 aliphatic heterocycles. The third-order valence-electron chi connectivity index (χ3n) is 4.17. The van der Waals surface area contributed by atoms with E-state index in [0.717, 1.165) is 17.0 Å². The predicted octanol–water partition coefficient (Wildman–Crippen LogP) is 3.07. The van der Waals surface area contributed by atoms with Crippen LogP contribution in [-0.2, 0) is 4.79 Å². The van der Waals surface area contributed by atoms with Crippen molar-refractivity contribution in [3.63, 3.8) is 0 Å². The zero-order valence-electron chi connectivity index (χ0n) is 14.7. The lowest BCUT2D eigenvalue weighted by atomic mass is 10.1. The van der Waals surface area contributed by atoms with Crippen LogP contribution < -0.4 is 19.7 Å². The summed E-state index contributed by atoms with van der Waals surface area (Å²) < 4.78 is 10.4. The van der Waals surface area contributed by atoms with Gasteiger partial charge in [0.05, 0.1) is 25.6 Å². The van der Waals surface area contributed by atoms with Crippen LogP contribution in [-0.4, -0.2) is 33.2 Å². The van der Waals surface area contributed by atoms with E-state index in [4.69, 9.17) is 9.47 Å². The van der Waals surface area contributed by atoms with Crippen molar-refractivity contribution in [1.29, 1.82) is 5.26 Å². The molecule has 0 bridgehead atoms. The number of nitrogens with one attached hydrogen (secondary N) is 1. The topological polar surface area (TPSA) is 74.6 Å². The third-order valence-corrected chi connectivity index (χ3v) is 4.17. The zero-order valence-corrected chi connectivity index (χ0v) is 14.7. The summed E-state index contributed by atoms with van der Waals surface area (Å²) in [6.07, 6.45) is 1.59. The van der Waals surface area contributed by atoms with Crippen LogP contribution in [0.15, 0.2) is 48.0 Å². The highest BCUT2D eigenvalue weighted by Crippen LogP contribution is 2.33. The normalized spacial score (nSPS) is 13.3. The van der Waals surface area contributed by atoms with E-state index in [2.05, 4.69) is 5.32 Å². The molecule has 0 aliphatic carbocycles. The molecule has 0 saturated heterocycles. The molecule has 1 heterocycles.